The minimum atomic E-state index is -3.63. The molecule has 0 spiro atoms. The predicted molar refractivity (Wildman–Crippen MR) is 133 cm³/mol. The van der Waals surface area contributed by atoms with Gasteiger partial charge in [0.1, 0.15) is 19.0 Å². The van der Waals surface area contributed by atoms with Crippen molar-refractivity contribution in [2.45, 2.75) is 37.1 Å². The Hall–Kier alpha value is -3.30. The second kappa shape index (κ2) is 11.4. The molecule has 3 aromatic carbocycles. The quantitative estimate of drug-likeness (QED) is 0.390. The van der Waals surface area contributed by atoms with Crippen molar-refractivity contribution >= 4 is 26.7 Å². The molecule has 4 rings (SSSR count). The summed E-state index contributed by atoms with van der Waals surface area (Å²) in [7, 11) is -1.98. The van der Waals surface area contributed by atoms with E-state index in [1.54, 1.807) is 13.2 Å². The van der Waals surface area contributed by atoms with E-state index in [1.807, 2.05) is 30.3 Å². The van der Waals surface area contributed by atoms with Gasteiger partial charge in [-0.15, -0.1) is 0 Å². The van der Waals surface area contributed by atoms with Gasteiger partial charge >= 0.3 is 0 Å². The van der Waals surface area contributed by atoms with Gasteiger partial charge in [0.2, 0.25) is 15.9 Å². The number of unbranched alkanes of at least 4 members (excludes halogenated alkanes) is 2. The Labute approximate surface area is 205 Å². The molecule has 186 valence electrons. The Bertz CT molecular complexity index is 1290. The fourth-order valence-electron chi connectivity index (χ4n) is 3.87. The van der Waals surface area contributed by atoms with Gasteiger partial charge in [-0.25, -0.2) is 13.1 Å². The second-order valence-electron chi connectivity index (χ2n) is 8.34. The summed E-state index contributed by atoms with van der Waals surface area (Å²) < 4.78 is 43.8. The maximum absolute atomic E-state index is 12.5. The molecule has 0 saturated carbocycles. The number of hydrogen-bond acceptors (Lipinski definition) is 6. The zero-order valence-electron chi connectivity index (χ0n) is 19.7. The first-order valence-electron chi connectivity index (χ1n) is 11.7. The van der Waals surface area contributed by atoms with Crippen LogP contribution in [0.15, 0.2) is 59.5 Å². The molecule has 1 amide bonds. The number of rotatable bonds is 11. The number of carbonyl (C=O) groups is 1. The topological polar surface area (TPSA) is 103 Å². The maximum atomic E-state index is 12.5. The van der Waals surface area contributed by atoms with Crippen molar-refractivity contribution in [3.63, 3.8) is 0 Å². The number of hydrogen-bond donors (Lipinski definition) is 2. The van der Waals surface area contributed by atoms with Gasteiger partial charge < -0.3 is 19.5 Å². The van der Waals surface area contributed by atoms with Crippen LogP contribution in [0, 0.1) is 0 Å². The van der Waals surface area contributed by atoms with E-state index in [9.17, 15) is 13.2 Å². The van der Waals surface area contributed by atoms with Crippen LogP contribution in [0.5, 0.6) is 17.2 Å². The lowest BCUT2D eigenvalue weighted by atomic mass is 10.1. The van der Waals surface area contributed by atoms with Crippen molar-refractivity contribution in [3.8, 4) is 17.2 Å². The molecule has 1 aliphatic heterocycles. The van der Waals surface area contributed by atoms with Crippen LogP contribution in [0.2, 0.25) is 0 Å². The summed E-state index contributed by atoms with van der Waals surface area (Å²) in [6.45, 7) is 1.63. The summed E-state index contributed by atoms with van der Waals surface area (Å²) in [6, 6.07) is 16.6. The average Bonchev–Trinajstić information content (AvgIpc) is 2.88. The van der Waals surface area contributed by atoms with Crippen LogP contribution in [-0.2, 0) is 21.4 Å². The zero-order chi connectivity index (χ0) is 24.7. The van der Waals surface area contributed by atoms with Crippen molar-refractivity contribution in [2.24, 2.45) is 0 Å². The molecule has 8 nitrogen and oxygen atoms in total. The molecule has 0 fully saturated rings. The Morgan fingerprint density at radius 3 is 2.51 bits per heavy atom. The van der Waals surface area contributed by atoms with Crippen LogP contribution < -0.4 is 24.2 Å². The van der Waals surface area contributed by atoms with Crippen molar-refractivity contribution in [1.29, 1.82) is 0 Å². The van der Waals surface area contributed by atoms with Crippen molar-refractivity contribution in [1.82, 2.24) is 10.0 Å². The highest BCUT2D eigenvalue weighted by atomic mass is 32.2. The standard InChI is InChI=1S/C26H30N2O6S/c1-32-22-9-8-20-15-19(6-7-21(20)16-22)18-27-26(29)5-3-2-4-12-28-35(30,31)23-10-11-24-25(17-23)34-14-13-33-24/h6-11,15-17,28H,2-5,12-14,18H2,1H3,(H,27,29). The minimum Gasteiger partial charge on any atom is -0.497 e. The number of benzene rings is 3. The van der Waals surface area contributed by atoms with Gasteiger partial charge in [-0.3, -0.25) is 4.79 Å². The van der Waals surface area contributed by atoms with Crippen molar-refractivity contribution in [2.75, 3.05) is 26.9 Å². The molecular weight excluding hydrogens is 468 g/mol. The van der Waals surface area contributed by atoms with Crippen LogP contribution in [0.1, 0.15) is 31.2 Å². The first kappa shape index (κ1) is 24.8. The molecule has 2 N–H and O–H groups in total. The Kier molecular flexibility index (Phi) is 8.09. The molecule has 35 heavy (non-hydrogen) atoms. The van der Waals surface area contributed by atoms with Gasteiger partial charge in [0.15, 0.2) is 11.5 Å². The lowest BCUT2D eigenvalue weighted by Crippen LogP contribution is -2.25. The highest BCUT2D eigenvalue weighted by Gasteiger charge is 2.18. The smallest absolute Gasteiger partial charge is 0.240 e. The van der Waals surface area contributed by atoms with Crippen LogP contribution in [-0.4, -0.2) is 41.2 Å². The molecular formula is C26H30N2O6S. The summed E-state index contributed by atoms with van der Waals surface area (Å²) in [5.41, 5.74) is 1.03. The third kappa shape index (κ3) is 6.64. The predicted octanol–water partition coefficient (Wildman–Crippen LogP) is 3.77. The van der Waals surface area contributed by atoms with Gasteiger partial charge in [-0.2, -0.15) is 0 Å². The number of carbonyl (C=O) groups excluding carboxylic acids is 1. The van der Waals surface area contributed by atoms with Gasteiger partial charge in [-0.05, 0) is 59.5 Å². The molecule has 0 unspecified atom stereocenters. The van der Waals surface area contributed by atoms with Crippen LogP contribution in [0.25, 0.3) is 10.8 Å². The summed E-state index contributed by atoms with van der Waals surface area (Å²) in [5, 5.41) is 5.13. The third-order valence-corrected chi connectivity index (χ3v) is 7.26. The Morgan fingerprint density at radius 1 is 0.914 bits per heavy atom. The van der Waals surface area contributed by atoms with E-state index in [0.717, 1.165) is 28.5 Å². The van der Waals surface area contributed by atoms with Gasteiger partial charge in [0, 0.05) is 25.6 Å². The molecule has 1 heterocycles. The van der Waals surface area contributed by atoms with Crippen LogP contribution in [0.3, 0.4) is 0 Å². The Balaban J connectivity index is 1.14. The molecule has 0 aliphatic carbocycles. The molecule has 3 aromatic rings. The van der Waals surface area contributed by atoms with Crippen molar-refractivity contribution in [3.05, 3.63) is 60.2 Å². The van der Waals surface area contributed by atoms with Crippen LogP contribution >= 0.6 is 0 Å². The molecule has 1 aliphatic rings. The van der Waals surface area contributed by atoms with E-state index in [-0.39, 0.29) is 10.8 Å². The number of amides is 1. The van der Waals surface area contributed by atoms with Crippen molar-refractivity contribution < 1.29 is 27.4 Å². The monoisotopic (exact) mass is 498 g/mol. The molecule has 0 radical (unpaired) electrons. The summed E-state index contributed by atoms with van der Waals surface area (Å²) >= 11 is 0. The minimum absolute atomic E-state index is 0.0170. The SMILES string of the molecule is COc1ccc2cc(CNC(=O)CCCCCNS(=O)(=O)c3ccc4c(c3)OCCO4)ccc2c1. The number of ether oxygens (including phenoxy) is 3. The number of fused-ring (bicyclic) bond motifs is 2. The summed E-state index contributed by atoms with van der Waals surface area (Å²) in [5.74, 6) is 1.79. The summed E-state index contributed by atoms with van der Waals surface area (Å²) in [4.78, 5) is 12.3. The molecule has 0 saturated heterocycles. The molecule has 9 heteroatoms. The lowest BCUT2D eigenvalue weighted by molar-refractivity contribution is -0.121. The molecule has 0 bridgehead atoms. The lowest BCUT2D eigenvalue weighted by Gasteiger charge is -2.18. The number of methoxy groups -OCH3 is 1. The maximum Gasteiger partial charge on any atom is 0.240 e. The van der Waals surface area contributed by atoms with E-state index in [2.05, 4.69) is 16.1 Å². The average molecular weight is 499 g/mol. The van der Waals surface area contributed by atoms with E-state index in [4.69, 9.17) is 14.2 Å². The summed E-state index contributed by atoms with van der Waals surface area (Å²) in [6.07, 6.45) is 2.48. The first-order chi connectivity index (χ1) is 16.9. The molecule has 0 atom stereocenters. The highest BCUT2D eigenvalue weighted by Crippen LogP contribution is 2.32. The number of nitrogens with one attached hydrogen (secondary N) is 2. The van der Waals surface area contributed by atoms with Crippen LogP contribution in [0.4, 0.5) is 0 Å². The second-order valence-corrected chi connectivity index (χ2v) is 10.1. The van der Waals surface area contributed by atoms with E-state index in [0.29, 0.717) is 57.1 Å². The van der Waals surface area contributed by atoms with E-state index in [1.165, 1.54) is 12.1 Å². The van der Waals surface area contributed by atoms with E-state index >= 15 is 0 Å². The highest BCUT2D eigenvalue weighted by molar-refractivity contribution is 7.89. The normalized spacial score (nSPS) is 12.9. The third-order valence-electron chi connectivity index (χ3n) is 5.80. The van der Waals surface area contributed by atoms with Gasteiger partial charge in [0.05, 0.1) is 12.0 Å². The molecule has 0 aromatic heterocycles. The van der Waals surface area contributed by atoms with Gasteiger partial charge in [-0.1, -0.05) is 24.6 Å². The zero-order valence-corrected chi connectivity index (χ0v) is 20.5. The number of sulfonamides is 1. The fraction of sp³-hybridized carbons (Fsp3) is 0.346. The van der Waals surface area contributed by atoms with Gasteiger partial charge in [0.25, 0.3) is 0 Å². The van der Waals surface area contributed by atoms with E-state index < -0.39 is 10.0 Å². The largest absolute Gasteiger partial charge is 0.497 e. The first-order valence-corrected chi connectivity index (χ1v) is 13.2. The fourth-order valence-corrected chi connectivity index (χ4v) is 4.96. The Morgan fingerprint density at radius 2 is 1.69 bits per heavy atom.